The van der Waals surface area contributed by atoms with Gasteiger partial charge in [0.15, 0.2) is 6.10 Å². The van der Waals surface area contributed by atoms with Crippen molar-refractivity contribution in [3.63, 3.8) is 0 Å². The van der Waals surface area contributed by atoms with Crippen molar-refractivity contribution >= 4 is 41.5 Å². The van der Waals surface area contributed by atoms with Gasteiger partial charge in [-0.25, -0.2) is 0 Å². The van der Waals surface area contributed by atoms with Crippen LogP contribution in [-0.2, 0) is 4.79 Å². The molecule has 1 aromatic carbocycles. The van der Waals surface area contributed by atoms with Gasteiger partial charge in [-0.05, 0) is 32.9 Å². The largest absolute Gasteiger partial charge is 0.479 e. The Hall–Kier alpha value is -0.680. The number of nitrogens with one attached hydrogen (secondary N) is 1. The van der Waals surface area contributed by atoms with E-state index in [0.717, 1.165) is 6.54 Å². The lowest BCUT2D eigenvalue weighted by atomic mass is 10.1. The summed E-state index contributed by atoms with van der Waals surface area (Å²) < 4.78 is 5.70. The lowest BCUT2D eigenvalue weighted by molar-refractivity contribution is -0.141. The average molecular weight is 368 g/mol. The second-order valence-electron chi connectivity index (χ2n) is 5.33. The molecule has 0 spiro atoms. The third-order valence-corrected chi connectivity index (χ3v) is 4.69. The zero-order valence-corrected chi connectivity index (χ0v) is 15.1. The Morgan fingerprint density at radius 3 is 2.77 bits per heavy atom. The van der Waals surface area contributed by atoms with E-state index in [9.17, 15) is 4.79 Å². The maximum atomic E-state index is 12.6. The number of benzene rings is 1. The van der Waals surface area contributed by atoms with Gasteiger partial charge in [-0.15, -0.1) is 12.4 Å². The van der Waals surface area contributed by atoms with Crippen molar-refractivity contribution in [2.24, 2.45) is 0 Å². The summed E-state index contributed by atoms with van der Waals surface area (Å²) in [5.74, 6) is 0.396. The van der Waals surface area contributed by atoms with Crippen LogP contribution in [0.4, 0.5) is 0 Å². The fraction of sp³-hybridized carbons (Fsp3) is 0.533. The van der Waals surface area contributed by atoms with Gasteiger partial charge < -0.3 is 15.0 Å². The van der Waals surface area contributed by atoms with Crippen molar-refractivity contribution in [2.45, 2.75) is 39.0 Å². The molecule has 124 valence electrons. The Balaban J connectivity index is 0.00000242. The van der Waals surface area contributed by atoms with Crippen molar-refractivity contribution in [3.05, 3.63) is 28.2 Å². The van der Waals surface area contributed by atoms with Gasteiger partial charge in [-0.1, -0.05) is 29.3 Å². The van der Waals surface area contributed by atoms with Gasteiger partial charge in [0, 0.05) is 25.2 Å². The smallest absolute Gasteiger partial charge is 0.263 e. The molecule has 1 saturated heterocycles. The molecule has 1 fully saturated rings. The first kappa shape index (κ1) is 19.4. The Kier molecular flexibility index (Phi) is 7.26. The lowest BCUT2D eigenvalue weighted by Gasteiger charge is -2.39. The molecule has 0 aliphatic carbocycles. The van der Waals surface area contributed by atoms with E-state index < -0.39 is 6.10 Å². The second-order valence-corrected chi connectivity index (χ2v) is 6.11. The number of halogens is 3. The predicted molar refractivity (Wildman–Crippen MR) is 92.4 cm³/mol. The number of rotatable bonds is 3. The van der Waals surface area contributed by atoms with Crippen LogP contribution in [0.3, 0.4) is 0 Å². The van der Waals surface area contributed by atoms with Crippen LogP contribution in [-0.4, -0.2) is 42.1 Å². The zero-order chi connectivity index (χ0) is 15.6. The van der Waals surface area contributed by atoms with Crippen LogP contribution in [0.1, 0.15) is 20.8 Å². The first-order valence-corrected chi connectivity index (χ1v) is 7.82. The number of ether oxygens (including phenoxy) is 1. The van der Waals surface area contributed by atoms with Crippen LogP contribution >= 0.6 is 35.6 Å². The first-order valence-electron chi connectivity index (χ1n) is 7.06. The Labute approximate surface area is 147 Å². The van der Waals surface area contributed by atoms with Gasteiger partial charge in [-0.2, -0.15) is 0 Å². The fourth-order valence-electron chi connectivity index (χ4n) is 2.42. The van der Waals surface area contributed by atoms with E-state index in [1.807, 2.05) is 11.8 Å². The van der Waals surface area contributed by atoms with Gasteiger partial charge in [0.25, 0.3) is 5.91 Å². The summed E-state index contributed by atoms with van der Waals surface area (Å²) >= 11 is 12.0. The van der Waals surface area contributed by atoms with Crippen LogP contribution in [0.15, 0.2) is 18.2 Å². The summed E-state index contributed by atoms with van der Waals surface area (Å²) in [5.41, 5.74) is 0. The molecular weight excluding hydrogens is 347 g/mol. The molecule has 1 aliphatic heterocycles. The molecule has 0 bridgehead atoms. The lowest BCUT2D eigenvalue weighted by Crippen LogP contribution is -2.59. The molecule has 1 heterocycles. The molecule has 1 N–H and O–H groups in total. The number of carbonyl (C=O) groups excluding carboxylic acids is 1. The van der Waals surface area contributed by atoms with Crippen molar-refractivity contribution in [1.82, 2.24) is 10.2 Å². The highest BCUT2D eigenvalue weighted by Gasteiger charge is 2.31. The Morgan fingerprint density at radius 1 is 1.41 bits per heavy atom. The Bertz CT molecular complexity index is 528. The maximum Gasteiger partial charge on any atom is 0.263 e. The minimum Gasteiger partial charge on any atom is -0.479 e. The van der Waals surface area contributed by atoms with Crippen molar-refractivity contribution < 1.29 is 9.53 Å². The van der Waals surface area contributed by atoms with Gasteiger partial charge in [-0.3, -0.25) is 4.79 Å². The molecule has 22 heavy (non-hydrogen) atoms. The summed E-state index contributed by atoms with van der Waals surface area (Å²) in [5, 5.41) is 4.10. The highest BCUT2D eigenvalue weighted by molar-refractivity contribution is 6.42. The van der Waals surface area contributed by atoms with Crippen molar-refractivity contribution in [1.29, 1.82) is 0 Å². The molecular formula is C15H21Cl3N2O2. The standard InChI is InChI=1S/C15H20Cl2N2O2.ClH/c1-9-10(2)19(8-7-18-9)15(20)11(3)21-13-6-4-5-12(16)14(13)17;/h4-6,9-11,18H,7-8H2,1-3H3;1H. The highest BCUT2D eigenvalue weighted by Crippen LogP contribution is 2.32. The number of hydrogen-bond acceptors (Lipinski definition) is 3. The topological polar surface area (TPSA) is 41.6 Å². The third kappa shape index (κ3) is 4.19. The van der Waals surface area contributed by atoms with Crippen LogP contribution in [0.2, 0.25) is 10.0 Å². The summed E-state index contributed by atoms with van der Waals surface area (Å²) in [6.07, 6.45) is -0.603. The molecule has 0 aromatic heterocycles. The van der Waals surface area contributed by atoms with Crippen molar-refractivity contribution in [2.75, 3.05) is 13.1 Å². The first-order chi connectivity index (χ1) is 9.91. The average Bonchev–Trinajstić information content (AvgIpc) is 2.46. The number of hydrogen-bond donors (Lipinski definition) is 1. The number of piperazine rings is 1. The van der Waals surface area contributed by atoms with Crippen LogP contribution < -0.4 is 10.1 Å². The van der Waals surface area contributed by atoms with Gasteiger partial charge in [0.2, 0.25) is 0 Å². The molecule has 1 aliphatic rings. The minimum atomic E-state index is -0.603. The Morgan fingerprint density at radius 2 is 2.09 bits per heavy atom. The van der Waals surface area contributed by atoms with E-state index in [-0.39, 0.29) is 30.4 Å². The van der Waals surface area contributed by atoms with Crippen LogP contribution in [0.5, 0.6) is 5.75 Å². The normalized spacial score (nSPS) is 22.7. The van der Waals surface area contributed by atoms with Crippen LogP contribution in [0, 0.1) is 0 Å². The van der Waals surface area contributed by atoms with E-state index in [1.54, 1.807) is 25.1 Å². The van der Waals surface area contributed by atoms with Gasteiger partial charge in [0.05, 0.1) is 5.02 Å². The molecule has 7 heteroatoms. The molecule has 3 atom stereocenters. The van der Waals surface area contributed by atoms with E-state index in [0.29, 0.717) is 22.3 Å². The summed E-state index contributed by atoms with van der Waals surface area (Å²) in [6, 6.07) is 5.54. The predicted octanol–water partition coefficient (Wildman–Crippen LogP) is 3.39. The van der Waals surface area contributed by atoms with Gasteiger partial charge in [0.1, 0.15) is 10.8 Å². The van der Waals surface area contributed by atoms with Crippen molar-refractivity contribution in [3.8, 4) is 5.75 Å². The SMILES string of the molecule is CC(Oc1cccc(Cl)c1Cl)C(=O)N1CCNC(C)C1C.Cl. The molecule has 3 unspecified atom stereocenters. The molecule has 0 radical (unpaired) electrons. The summed E-state index contributed by atoms with van der Waals surface area (Å²) in [7, 11) is 0. The molecule has 4 nitrogen and oxygen atoms in total. The quantitative estimate of drug-likeness (QED) is 0.890. The molecule has 2 rings (SSSR count). The molecule has 0 saturated carbocycles. The number of amides is 1. The van der Waals surface area contributed by atoms with Crippen LogP contribution in [0.25, 0.3) is 0 Å². The maximum absolute atomic E-state index is 12.6. The molecule has 1 amide bonds. The monoisotopic (exact) mass is 366 g/mol. The number of nitrogens with zero attached hydrogens (tertiary/aromatic N) is 1. The van der Waals surface area contributed by atoms with E-state index >= 15 is 0 Å². The summed E-state index contributed by atoms with van der Waals surface area (Å²) in [4.78, 5) is 14.4. The van der Waals surface area contributed by atoms with E-state index in [4.69, 9.17) is 27.9 Å². The minimum absolute atomic E-state index is 0. The number of carbonyl (C=O) groups is 1. The fourth-order valence-corrected chi connectivity index (χ4v) is 2.75. The van der Waals surface area contributed by atoms with E-state index in [1.165, 1.54) is 0 Å². The van der Waals surface area contributed by atoms with Gasteiger partial charge >= 0.3 is 0 Å². The molecule has 1 aromatic rings. The third-order valence-electron chi connectivity index (χ3n) is 3.88. The summed E-state index contributed by atoms with van der Waals surface area (Å²) in [6.45, 7) is 7.32. The highest BCUT2D eigenvalue weighted by atomic mass is 35.5. The second kappa shape index (κ2) is 8.25. The zero-order valence-electron chi connectivity index (χ0n) is 12.8. The van der Waals surface area contributed by atoms with E-state index in [2.05, 4.69) is 12.2 Å².